The number of anilines is 1. The zero-order valence-corrected chi connectivity index (χ0v) is 18.1. The fourth-order valence-electron chi connectivity index (χ4n) is 3.57. The second-order valence-corrected chi connectivity index (χ2v) is 9.86. The standard InChI is InChI=1S/C21H15N5O4S2/c27-32(28,14-4-2-1-3-5-14)21-20-23-19(18-15(8-9-31-18)26(20)25-24-21)22-11-13-6-7-16-17(10-13)30-12-29-16/h1-10H,11-12H2,(H,22,23). The summed E-state index contributed by atoms with van der Waals surface area (Å²) in [5, 5.41) is 13.1. The Bertz CT molecular complexity index is 1580. The largest absolute Gasteiger partial charge is 0.454 e. The maximum atomic E-state index is 13.2. The van der Waals surface area contributed by atoms with Crippen molar-refractivity contribution in [1.29, 1.82) is 0 Å². The smallest absolute Gasteiger partial charge is 0.231 e. The molecule has 0 unspecified atom stereocenters. The minimum Gasteiger partial charge on any atom is -0.454 e. The summed E-state index contributed by atoms with van der Waals surface area (Å²) >= 11 is 1.49. The zero-order chi connectivity index (χ0) is 21.7. The van der Waals surface area contributed by atoms with E-state index < -0.39 is 9.84 Å². The van der Waals surface area contributed by atoms with E-state index >= 15 is 0 Å². The predicted molar refractivity (Wildman–Crippen MR) is 118 cm³/mol. The first-order valence-corrected chi connectivity index (χ1v) is 12.0. The average Bonchev–Trinajstić information content (AvgIpc) is 3.56. The number of sulfone groups is 1. The zero-order valence-electron chi connectivity index (χ0n) is 16.4. The van der Waals surface area contributed by atoms with Gasteiger partial charge in [-0.05, 0) is 41.3 Å². The number of hydrogen-bond donors (Lipinski definition) is 1. The van der Waals surface area contributed by atoms with Gasteiger partial charge in [-0.3, -0.25) is 0 Å². The van der Waals surface area contributed by atoms with Crippen molar-refractivity contribution in [2.45, 2.75) is 16.5 Å². The summed E-state index contributed by atoms with van der Waals surface area (Å²) in [7, 11) is -3.88. The van der Waals surface area contributed by atoms with Gasteiger partial charge >= 0.3 is 0 Å². The van der Waals surface area contributed by atoms with Gasteiger partial charge in [-0.15, -0.1) is 16.4 Å². The van der Waals surface area contributed by atoms with Crippen LogP contribution in [0.15, 0.2) is 69.9 Å². The van der Waals surface area contributed by atoms with Crippen LogP contribution in [0.3, 0.4) is 0 Å². The van der Waals surface area contributed by atoms with E-state index in [-0.39, 0.29) is 22.4 Å². The normalized spacial score (nSPS) is 13.1. The lowest BCUT2D eigenvalue weighted by Gasteiger charge is -2.09. The molecule has 0 fully saturated rings. The van der Waals surface area contributed by atoms with Crippen LogP contribution in [0.1, 0.15) is 5.56 Å². The fourth-order valence-corrected chi connectivity index (χ4v) is 5.66. The average molecular weight is 466 g/mol. The molecule has 6 rings (SSSR count). The number of aromatic nitrogens is 4. The third-order valence-corrected chi connectivity index (χ3v) is 7.70. The Morgan fingerprint density at radius 3 is 2.78 bits per heavy atom. The molecule has 0 amide bonds. The highest BCUT2D eigenvalue weighted by Gasteiger charge is 2.27. The first-order valence-electron chi connectivity index (χ1n) is 9.66. The molecule has 0 aliphatic carbocycles. The Balaban J connectivity index is 1.43. The van der Waals surface area contributed by atoms with E-state index in [2.05, 4.69) is 20.6 Å². The van der Waals surface area contributed by atoms with Crippen LogP contribution in [-0.2, 0) is 16.4 Å². The Morgan fingerprint density at radius 2 is 1.91 bits per heavy atom. The Hall–Kier alpha value is -3.70. The maximum Gasteiger partial charge on any atom is 0.231 e. The third kappa shape index (κ3) is 2.97. The van der Waals surface area contributed by atoms with Crippen LogP contribution in [0.25, 0.3) is 15.9 Å². The number of ether oxygens (including phenoxy) is 2. The lowest BCUT2D eigenvalue weighted by molar-refractivity contribution is 0.174. The molecule has 1 N–H and O–H groups in total. The molecule has 0 saturated carbocycles. The molecule has 5 aromatic rings. The van der Waals surface area contributed by atoms with Crippen molar-refractivity contribution in [3.8, 4) is 11.5 Å². The van der Waals surface area contributed by atoms with E-state index in [0.29, 0.717) is 18.1 Å². The maximum absolute atomic E-state index is 13.2. The summed E-state index contributed by atoms with van der Waals surface area (Å²) in [5.74, 6) is 1.98. The van der Waals surface area contributed by atoms with Crippen molar-refractivity contribution >= 4 is 42.9 Å². The summed E-state index contributed by atoms with van der Waals surface area (Å²) in [4.78, 5) is 4.76. The Kier molecular flexibility index (Phi) is 4.26. The molecule has 1 aliphatic heterocycles. The summed E-state index contributed by atoms with van der Waals surface area (Å²) in [6.07, 6.45) is 0. The van der Waals surface area contributed by atoms with Gasteiger partial charge in [-0.1, -0.05) is 29.5 Å². The SMILES string of the molecule is O=S(=O)(c1ccccc1)c1nnn2c1nc(NCc1ccc3c(c1)OCO3)c1sccc12. The first-order chi connectivity index (χ1) is 15.6. The molecular weight excluding hydrogens is 450 g/mol. The number of rotatable bonds is 5. The predicted octanol–water partition coefficient (Wildman–Crippen LogP) is 3.51. The van der Waals surface area contributed by atoms with Gasteiger partial charge < -0.3 is 14.8 Å². The fraction of sp³-hybridized carbons (Fsp3) is 0.0952. The monoisotopic (exact) mass is 465 g/mol. The van der Waals surface area contributed by atoms with E-state index in [1.54, 1.807) is 18.2 Å². The van der Waals surface area contributed by atoms with Crippen molar-refractivity contribution < 1.29 is 17.9 Å². The number of hydrogen-bond acceptors (Lipinski definition) is 9. The van der Waals surface area contributed by atoms with Crippen molar-refractivity contribution in [1.82, 2.24) is 19.8 Å². The minimum atomic E-state index is -3.88. The summed E-state index contributed by atoms with van der Waals surface area (Å²) < 4.78 is 39.5. The van der Waals surface area contributed by atoms with Crippen molar-refractivity contribution in [2.75, 3.05) is 12.1 Å². The molecule has 160 valence electrons. The summed E-state index contributed by atoms with van der Waals surface area (Å²) in [6.45, 7) is 0.683. The molecule has 0 saturated heterocycles. The number of fused-ring (bicyclic) bond motifs is 4. The lowest BCUT2D eigenvalue weighted by atomic mass is 10.2. The molecule has 11 heteroatoms. The van der Waals surface area contributed by atoms with Crippen LogP contribution < -0.4 is 14.8 Å². The van der Waals surface area contributed by atoms with Gasteiger partial charge in [0.15, 0.2) is 17.1 Å². The van der Waals surface area contributed by atoms with Crippen LogP contribution in [0.4, 0.5) is 5.82 Å². The van der Waals surface area contributed by atoms with Crippen molar-refractivity contribution in [3.05, 3.63) is 65.5 Å². The molecule has 1 aliphatic rings. The molecule has 32 heavy (non-hydrogen) atoms. The van der Waals surface area contributed by atoms with E-state index in [1.807, 2.05) is 29.6 Å². The van der Waals surface area contributed by atoms with Gasteiger partial charge in [0.25, 0.3) is 0 Å². The van der Waals surface area contributed by atoms with Crippen LogP contribution in [0.5, 0.6) is 11.5 Å². The Labute approximate surface area is 186 Å². The molecule has 9 nitrogen and oxygen atoms in total. The van der Waals surface area contributed by atoms with Crippen LogP contribution >= 0.6 is 11.3 Å². The molecule has 3 aromatic heterocycles. The second-order valence-electron chi connectivity index (χ2n) is 7.08. The summed E-state index contributed by atoms with van der Waals surface area (Å²) in [6, 6.07) is 15.7. The number of benzene rings is 2. The molecule has 2 aromatic carbocycles. The number of thiophene rings is 1. The van der Waals surface area contributed by atoms with Gasteiger partial charge in [-0.2, -0.15) is 4.52 Å². The molecule has 0 atom stereocenters. The van der Waals surface area contributed by atoms with Crippen LogP contribution in [0, 0.1) is 0 Å². The van der Waals surface area contributed by atoms with E-state index in [1.165, 1.54) is 28.0 Å². The van der Waals surface area contributed by atoms with E-state index in [0.717, 1.165) is 21.5 Å². The molecule has 0 bridgehead atoms. The van der Waals surface area contributed by atoms with Crippen LogP contribution in [-0.4, -0.2) is 35.0 Å². The second kappa shape index (κ2) is 7.18. The molecule has 0 radical (unpaired) electrons. The van der Waals surface area contributed by atoms with Crippen molar-refractivity contribution in [3.63, 3.8) is 0 Å². The Morgan fingerprint density at radius 1 is 1.06 bits per heavy atom. The highest BCUT2D eigenvalue weighted by Crippen LogP contribution is 2.34. The molecule has 0 spiro atoms. The molecule has 4 heterocycles. The minimum absolute atomic E-state index is 0.143. The highest BCUT2D eigenvalue weighted by atomic mass is 32.2. The lowest BCUT2D eigenvalue weighted by Crippen LogP contribution is -2.06. The van der Waals surface area contributed by atoms with Gasteiger partial charge in [0.05, 0.1) is 15.1 Å². The van der Waals surface area contributed by atoms with Gasteiger partial charge in [0.2, 0.25) is 21.7 Å². The van der Waals surface area contributed by atoms with E-state index in [4.69, 9.17) is 9.47 Å². The van der Waals surface area contributed by atoms with Gasteiger partial charge in [0.1, 0.15) is 5.82 Å². The van der Waals surface area contributed by atoms with Crippen LogP contribution in [0.2, 0.25) is 0 Å². The highest BCUT2D eigenvalue weighted by molar-refractivity contribution is 7.91. The van der Waals surface area contributed by atoms with E-state index in [9.17, 15) is 8.42 Å². The van der Waals surface area contributed by atoms with Gasteiger partial charge in [-0.25, -0.2) is 13.4 Å². The first kappa shape index (κ1) is 19.0. The third-order valence-electron chi connectivity index (χ3n) is 5.13. The van der Waals surface area contributed by atoms with Crippen molar-refractivity contribution in [2.24, 2.45) is 0 Å². The van der Waals surface area contributed by atoms with Gasteiger partial charge in [0, 0.05) is 6.54 Å². The number of nitrogens with zero attached hydrogens (tertiary/aromatic N) is 4. The molecular formula is C21H15N5O4S2. The quantitative estimate of drug-likeness (QED) is 0.420. The number of nitrogens with one attached hydrogen (secondary N) is 1. The summed E-state index contributed by atoms with van der Waals surface area (Å²) in [5.41, 5.74) is 1.88. The topological polar surface area (TPSA) is 108 Å².